The molecule has 2 N–H and O–H groups in total. The molecule has 7 nitrogen and oxygen atoms in total. The molecule has 1 aromatic carbocycles. The van der Waals surface area contributed by atoms with Crippen molar-refractivity contribution in [3.63, 3.8) is 0 Å². The molecule has 2 unspecified atom stereocenters. The summed E-state index contributed by atoms with van der Waals surface area (Å²) in [5.41, 5.74) is 2.53. The highest BCUT2D eigenvalue weighted by Crippen LogP contribution is 2.21. The number of rotatable bonds is 6. The molecule has 130 valence electrons. The fourth-order valence-electron chi connectivity index (χ4n) is 3.05. The summed E-state index contributed by atoms with van der Waals surface area (Å²) in [5, 5.41) is 12.5. The minimum Gasteiger partial charge on any atom is -0.394 e. The third-order valence-electron chi connectivity index (χ3n) is 4.42. The lowest BCUT2D eigenvalue weighted by atomic mass is 10.0. The minimum absolute atomic E-state index is 0.216. The first kappa shape index (κ1) is 17.0. The number of aliphatic hydroxyl groups excluding tert-OH is 1. The summed E-state index contributed by atoms with van der Waals surface area (Å²) >= 11 is 0. The average molecular weight is 340 g/mol. The van der Waals surface area contributed by atoms with Gasteiger partial charge in [-0.3, -0.25) is 9.59 Å². The number of nitrogens with zero attached hydrogens (tertiary/aromatic N) is 3. The molecular weight excluding hydrogens is 320 g/mol. The molecule has 3 rings (SSSR count). The molecule has 2 heterocycles. The summed E-state index contributed by atoms with van der Waals surface area (Å²) in [6.45, 7) is 0.380. The summed E-state index contributed by atoms with van der Waals surface area (Å²) in [6.07, 6.45) is 5.33. The molecule has 0 aliphatic carbocycles. The van der Waals surface area contributed by atoms with Crippen LogP contribution in [0.25, 0.3) is 11.3 Å². The molecule has 1 fully saturated rings. The van der Waals surface area contributed by atoms with Crippen molar-refractivity contribution < 1.29 is 14.7 Å². The van der Waals surface area contributed by atoms with Gasteiger partial charge in [0.25, 0.3) is 0 Å². The average Bonchev–Trinajstić information content (AvgIpc) is 3.16. The van der Waals surface area contributed by atoms with Crippen LogP contribution < -0.4 is 5.32 Å². The number of hydrogen-bond donors (Lipinski definition) is 2. The number of carbonyl (C=O) groups excluding carboxylic acids is 2. The standard InChI is InChI=1S/C18H20N4O3/c23-10-16(21-18(25)17-2-1-9-22(17)12-24)14-5-3-13(4-6-14)15-7-8-19-11-20-15/h3-8,11-12,16-17,23H,1-2,9-10H2,(H,21,25). The highest BCUT2D eigenvalue weighted by atomic mass is 16.3. The molecule has 0 radical (unpaired) electrons. The van der Waals surface area contributed by atoms with Crippen molar-refractivity contribution in [2.45, 2.75) is 24.9 Å². The van der Waals surface area contributed by atoms with Gasteiger partial charge in [0.05, 0.1) is 18.3 Å². The second-order valence-electron chi connectivity index (χ2n) is 5.96. The topological polar surface area (TPSA) is 95.4 Å². The van der Waals surface area contributed by atoms with E-state index >= 15 is 0 Å². The summed E-state index contributed by atoms with van der Waals surface area (Å²) in [5.74, 6) is -0.233. The van der Waals surface area contributed by atoms with E-state index in [2.05, 4.69) is 15.3 Å². The number of benzene rings is 1. The minimum atomic E-state index is -0.513. The molecule has 7 heteroatoms. The zero-order chi connectivity index (χ0) is 17.6. The van der Waals surface area contributed by atoms with Crippen LogP contribution in [0.2, 0.25) is 0 Å². The van der Waals surface area contributed by atoms with Gasteiger partial charge in [0.2, 0.25) is 12.3 Å². The van der Waals surface area contributed by atoms with Crippen LogP contribution in [0, 0.1) is 0 Å². The van der Waals surface area contributed by atoms with Crippen LogP contribution in [0.5, 0.6) is 0 Å². The predicted molar refractivity (Wildman–Crippen MR) is 91.2 cm³/mol. The van der Waals surface area contributed by atoms with Crippen molar-refractivity contribution in [1.29, 1.82) is 0 Å². The van der Waals surface area contributed by atoms with E-state index in [1.54, 1.807) is 6.20 Å². The number of aliphatic hydroxyl groups is 1. The van der Waals surface area contributed by atoms with Gasteiger partial charge in [0.1, 0.15) is 12.4 Å². The van der Waals surface area contributed by atoms with Crippen molar-refractivity contribution in [1.82, 2.24) is 20.2 Å². The van der Waals surface area contributed by atoms with Crippen molar-refractivity contribution in [3.8, 4) is 11.3 Å². The molecule has 0 saturated carbocycles. The maximum Gasteiger partial charge on any atom is 0.243 e. The van der Waals surface area contributed by atoms with Crippen molar-refractivity contribution in [2.75, 3.05) is 13.2 Å². The Balaban J connectivity index is 1.70. The lowest BCUT2D eigenvalue weighted by Crippen LogP contribution is -2.44. The van der Waals surface area contributed by atoms with Gasteiger partial charge in [-0.1, -0.05) is 24.3 Å². The first-order valence-electron chi connectivity index (χ1n) is 8.21. The number of amides is 2. The van der Waals surface area contributed by atoms with Crippen molar-refractivity contribution in [3.05, 3.63) is 48.4 Å². The van der Waals surface area contributed by atoms with E-state index in [1.165, 1.54) is 11.2 Å². The van der Waals surface area contributed by atoms with E-state index in [0.717, 1.165) is 23.2 Å². The molecular formula is C18H20N4O3. The number of nitrogens with one attached hydrogen (secondary N) is 1. The summed E-state index contributed by atoms with van der Waals surface area (Å²) in [4.78, 5) is 33.0. The first-order chi connectivity index (χ1) is 12.2. The molecule has 1 aliphatic heterocycles. The highest BCUT2D eigenvalue weighted by molar-refractivity contribution is 5.84. The molecule has 1 aromatic heterocycles. The third kappa shape index (κ3) is 3.83. The second kappa shape index (κ2) is 7.85. The maximum absolute atomic E-state index is 12.4. The van der Waals surface area contributed by atoms with Crippen LogP contribution in [0.15, 0.2) is 42.9 Å². The van der Waals surface area contributed by atoms with Gasteiger partial charge >= 0.3 is 0 Å². The Bertz CT molecular complexity index is 721. The van der Waals surface area contributed by atoms with E-state index in [-0.39, 0.29) is 12.5 Å². The summed E-state index contributed by atoms with van der Waals surface area (Å²) < 4.78 is 0. The van der Waals surface area contributed by atoms with Crippen LogP contribution in [-0.4, -0.2) is 51.5 Å². The predicted octanol–water partition coefficient (Wildman–Crippen LogP) is 0.914. The highest BCUT2D eigenvalue weighted by Gasteiger charge is 2.30. The molecule has 1 aliphatic rings. The van der Waals surface area contributed by atoms with Crippen LogP contribution in [0.1, 0.15) is 24.4 Å². The van der Waals surface area contributed by atoms with Crippen LogP contribution in [0.3, 0.4) is 0 Å². The van der Waals surface area contributed by atoms with Crippen molar-refractivity contribution >= 4 is 12.3 Å². The van der Waals surface area contributed by atoms with Crippen molar-refractivity contribution in [2.24, 2.45) is 0 Å². The van der Waals surface area contributed by atoms with E-state index in [9.17, 15) is 14.7 Å². The van der Waals surface area contributed by atoms with Gasteiger partial charge in [-0.05, 0) is 24.5 Å². The lowest BCUT2D eigenvalue weighted by Gasteiger charge is -2.23. The van der Waals surface area contributed by atoms with E-state index in [4.69, 9.17) is 0 Å². The SMILES string of the molecule is O=CN1CCCC1C(=O)NC(CO)c1ccc(-c2ccncn2)cc1. The van der Waals surface area contributed by atoms with Gasteiger partial charge in [0.15, 0.2) is 0 Å². The second-order valence-corrected chi connectivity index (χ2v) is 5.96. The molecule has 2 atom stereocenters. The van der Waals surface area contributed by atoms with E-state index in [0.29, 0.717) is 19.4 Å². The van der Waals surface area contributed by atoms with Gasteiger partial charge in [-0.15, -0.1) is 0 Å². The Labute approximate surface area is 145 Å². The van der Waals surface area contributed by atoms with Gasteiger partial charge in [-0.25, -0.2) is 9.97 Å². The molecule has 0 spiro atoms. The van der Waals surface area contributed by atoms with Crippen LogP contribution >= 0.6 is 0 Å². The summed E-state index contributed by atoms with van der Waals surface area (Å²) in [6, 6.07) is 8.33. The monoisotopic (exact) mass is 340 g/mol. The lowest BCUT2D eigenvalue weighted by molar-refractivity contribution is -0.131. The smallest absolute Gasteiger partial charge is 0.243 e. The number of carbonyl (C=O) groups is 2. The Kier molecular flexibility index (Phi) is 5.35. The Morgan fingerprint density at radius 3 is 2.80 bits per heavy atom. The normalized spacial score (nSPS) is 18.0. The molecule has 2 aromatic rings. The first-order valence-corrected chi connectivity index (χ1v) is 8.21. The quantitative estimate of drug-likeness (QED) is 0.762. The number of aromatic nitrogens is 2. The maximum atomic E-state index is 12.4. The third-order valence-corrected chi connectivity index (χ3v) is 4.42. The zero-order valence-corrected chi connectivity index (χ0v) is 13.7. The summed E-state index contributed by atoms with van der Waals surface area (Å²) in [7, 11) is 0. The fourth-order valence-corrected chi connectivity index (χ4v) is 3.05. The van der Waals surface area contributed by atoms with Gasteiger partial charge in [0, 0.05) is 18.3 Å². The van der Waals surface area contributed by atoms with Crippen LogP contribution in [-0.2, 0) is 9.59 Å². The molecule has 1 saturated heterocycles. The Hall–Kier alpha value is -2.80. The van der Waals surface area contributed by atoms with Crippen LogP contribution in [0.4, 0.5) is 0 Å². The van der Waals surface area contributed by atoms with Gasteiger partial charge in [-0.2, -0.15) is 0 Å². The number of hydrogen-bond acceptors (Lipinski definition) is 5. The Morgan fingerprint density at radius 1 is 1.36 bits per heavy atom. The van der Waals surface area contributed by atoms with E-state index in [1.807, 2.05) is 30.3 Å². The molecule has 2 amide bonds. The zero-order valence-electron chi connectivity index (χ0n) is 13.7. The number of likely N-dealkylation sites (tertiary alicyclic amines) is 1. The van der Waals surface area contributed by atoms with E-state index < -0.39 is 12.1 Å². The Morgan fingerprint density at radius 2 is 2.16 bits per heavy atom. The largest absolute Gasteiger partial charge is 0.394 e. The molecule has 25 heavy (non-hydrogen) atoms. The van der Waals surface area contributed by atoms with Gasteiger partial charge < -0.3 is 15.3 Å². The fraction of sp³-hybridized carbons (Fsp3) is 0.333. The molecule has 0 bridgehead atoms.